The van der Waals surface area contributed by atoms with Crippen molar-refractivity contribution in [2.75, 3.05) is 19.7 Å². The van der Waals surface area contributed by atoms with Gasteiger partial charge in [0.05, 0.1) is 11.8 Å². The topological polar surface area (TPSA) is 58.4 Å². The van der Waals surface area contributed by atoms with Gasteiger partial charge in [0.25, 0.3) is 5.91 Å². The molecule has 1 amide bonds. The fourth-order valence-electron chi connectivity index (χ4n) is 2.76. The van der Waals surface area contributed by atoms with Crippen LogP contribution < -0.4 is 0 Å². The Bertz CT molecular complexity index is 540. The third kappa shape index (κ3) is 3.26. The second kappa shape index (κ2) is 6.28. The Kier molecular flexibility index (Phi) is 4.79. The second-order valence-electron chi connectivity index (χ2n) is 5.88. The van der Waals surface area contributed by atoms with Crippen molar-refractivity contribution in [2.45, 2.75) is 38.9 Å². The maximum Gasteiger partial charge on any atom is 0.433 e. The van der Waals surface area contributed by atoms with Crippen LogP contribution in [-0.2, 0) is 6.18 Å². The number of rotatable bonds is 3. The minimum Gasteiger partial charge on any atom is -0.396 e. The van der Waals surface area contributed by atoms with E-state index in [9.17, 15) is 23.1 Å². The number of amides is 1. The summed E-state index contributed by atoms with van der Waals surface area (Å²) in [6, 6.07) is -0.496. The van der Waals surface area contributed by atoms with E-state index >= 15 is 0 Å². The molecule has 8 heteroatoms. The molecule has 1 N–H and O–H groups in total. The van der Waals surface area contributed by atoms with Crippen molar-refractivity contribution in [1.29, 1.82) is 0 Å². The highest BCUT2D eigenvalue weighted by atomic mass is 19.4. The number of alkyl halides is 3. The average Bonchev–Trinajstić information content (AvgIpc) is 2.91. The Morgan fingerprint density at radius 3 is 2.73 bits per heavy atom. The summed E-state index contributed by atoms with van der Waals surface area (Å²) in [5, 5.41) is 12.9. The third-order valence-corrected chi connectivity index (χ3v) is 3.85. The van der Waals surface area contributed by atoms with Crippen LogP contribution in [0.15, 0.2) is 6.20 Å². The van der Waals surface area contributed by atoms with Crippen molar-refractivity contribution in [3.8, 4) is 0 Å². The van der Waals surface area contributed by atoms with E-state index in [-0.39, 0.29) is 19.1 Å². The highest BCUT2D eigenvalue weighted by molar-refractivity contribution is 5.95. The van der Waals surface area contributed by atoms with Gasteiger partial charge >= 0.3 is 6.18 Å². The van der Waals surface area contributed by atoms with Gasteiger partial charge in [-0.05, 0) is 32.6 Å². The Morgan fingerprint density at radius 2 is 2.18 bits per heavy atom. The lowest BCUT2D eigenvalue weighted by atomic mass is 9.98. The SMILES string of the molecule is CC(C)n1ncc(C(=O)N2CCCC(CO)C2)c1C(F)(F)F. The Balaban J connectivity index is 2.34. The fourth-order valence-corrected chi connectivity index (χ4v) is 2.76. The Labute approximate surface area is 126 Å². The van der Waals surface area contributed by atoms with Crippen molar-refractivity contribution in [3.63, 3.8) is 0 Å². The molecular weight excluding hydrogens is 299 g/mol. The maximum absolute atomic E-state index is 13.3. The lowest BCUT2D eigenvalue weighted by Gasteiger charge is -2.32. The third-order valence-electron chi connectivity index (χ3n) is 3.85. The number of carbonyl (C=O) groups excluding carboxylic acids is 1. The zero-order chi connectivity index (χ0) is 16.5. The van der Waals surface area contributed by atoms with Crippen LogP contribution in [0.2, 0.25) is 0 Å². The lowest BCUT2D eigenvalue weighted by Crippen LogP contribution is -2.41. The lowest BCUT2D eigenvalue weighted by molar-refractivity contribution is -0.145. The number of aromatic nitrogens is 2. The standard InChI is InChI=1S/C14H20F3N3O2/c1-9(2)20-12(14(15,16)17)11(6-18-20)13(22)19-5-3-4-10(7-19)8-21/h6,9-10,21H,3-5,7-8H2,1-2H3. The minimum atomic E-state index is -4.64. The van der Waals surface area contributed by atoms with Gasteiger partial charge < -0.3 is 10.0 Å². The molecule has 0 saturated carbocycles. The number of piperidine rings is 1. The largest absolute Gasteiger partial charge is 0.433 e. The molecule has 1 aliphatic heterocycles. The van der Waals surface area contributed by atoms with E-state index in [1.165, 1.54) is 4.90 Å². The summed E-state index contributed by atoms with van der Waals surface area (Å²) in [4.78, 5) is 13.8. The van der Waals surface area contributed by atoms with Crippen LogP contribution in [0.1, 0.15) is 48.8 Å². The van der Waals surface area contributed by atoms with Gasteiger partial charge in [-0.1, -0.05) is 0 Å². The molecule has 1 aromatic heterocycles. The zero-order valence-corrected chi connectivity index (χ0v) is 12.6. The molecule has 124 valence electrons. The predicted molar refractivity (Wildman–Crippen MR) is 73.3 cm³/mol. The molecule has 0 bridgehead atoms. The first-order chi connectivity index (χ1) is 10.3. The first kappa shape index (κ1) is 16.8. The number of hydrogen-bond acceptors (Lipinski definition) is 3. The van der Waals surface area contributed by atoms with Gasteiger partial charge in [0.15, 0.2) is 5.69 Å². The molecule has 1 unspecified atom stereocenters. The molecular formula is C14H20F3N3O2. The summed E-state index contributed by atoms with van der Waals surface area (Å²) in [5.74, 6) is -0.746. The average molecular weight is 319 g/mol. The normalized spacial score (nSPS) is 19.8. The molecule has 1 saturated heterocycles. The fraction of sp³-hybridized carbons (Fsp3) is 0.714. The molecule has 2 rings (SSSR count). The van der Waals surface area contributed by atoms with Crippen molar-refractivity contribution in [3.05, 3.63) is 17.5 Å². The van der Waals surface area contributed by atoms with Gasteiger partial charge in [0.1, 0.15) is 0 Å². The summed E-state index contributed by atoms with van der Waals surface area (Å²) in [7, 11) is 0. The molecule has 1 aromatic rings. The van der Waals surface area contributed by atoms with Crippen LogP contribution >= 0.6 is 0 Å². The van der Waals surface area contributed by atoms with Crippen molar-refractivity contribution in [1.82, 2.24) is 14.7 Å². The first-order valence-electron chi connectivity index (χ1n) is 7.30. The van der Waals surface area contributed by atoms with E-state index in [0.717, 1.165) is 17.3 Å². The Hall–Kier alpha value is -1.57. The summed E-state index contributed by atoms with van der Waals surface area (Å²) < 4.78 is 40.7. The molecule has 0 aromatic carbocycles. The molecule has 0 spiro atoms. The summed E-state index contributed by atoms with van der Waals surface area (Å²) >= 11 is 0. The molecule has 0 aliphatic carbocycles. The van der Waals surface area contributed by atoms with Crippen molar-refractivity contribution >= 4 is 5.91 Å². The van der Waals surface area contributed by atoms with Gasteiger partial charge in [0.2, 0.25) is 0 Å². The van der Waals surface area contributed by atoms with E-state index in [2.05, 4.69) is 5.10 Å². The molecule has 5 nitrogen and oxygen atoms in total. The summed E-state index contributed by atoms with van der Waals surface area (Å²) in [6.45, 7) is 3.78. The molecule has 2 heterocycles. The number of aliphatic hydroxyl groups is 1. The van der Waals surface area contributed by atoms with Crippen LogP contribution in [0.5, 0.6) is 0 Å². The smallest absolute Gasteiger partial charge is 0.396 e. The molecule has 1 fully saturated rings. The summed E-state index contributed by atoms with van der Waals surface area (Å²) in [5.41, 5.74) is -1.42. The first-order valence-corrected chi connectivity index (χ1v) is 7.30. The van der Waals surface area contributed by atoms with Crippen LogP contribution in [0, 0.1) is 5.92 Å². The quantitative estimate of drug-likeness (QED) is 0.930. The molecule has 22 heavy (non-hydrogen) atoms. The summed E-state index contributed by atoms with van der Waals surface area (Å²) in [6.07, 6.45) is -2.19. The number of carbonyl (C=O) groups is 1. The number of nitrogens with zero attached hydrogens (tertiary/aromatic N) is 3. The van der Waals surface area contributed by atoms with E-state index in [4.69, 9.17) is 0 Å². The monoisotopic (exact) mass is 319 g/mol. The second-order valence-corrected chi connectivity index (χ2v) is 5.88. The highest BCUT2D eigenvalue weighted by Crippen LogP contribution is 2.34. The van der Waals surface area contributed by atoms with Crippen LogP contribution in [-0.4, -0.2) is 45.4 Å². The van der Waals surface area contributed by atoms with Crippen molar-refractivity contribution in [2.24, 2.45) is 5.92 Å². The molecule has 0 radical (unpaired) electrons. The van der Waals surface area contributed by atoms with Crippen LogP contribution in [0.25, 0.3) is 0 Å². The van der Waals surface area contributed by atoms with Crippen molar-refractivity contribution < 1.29 is 23.1 Å². The number of hydrogen-bond donors (Lipinski definition) is 1. The minimum absolute atomic E-state index is 0.0683. The highest BCUT2D eigenvalue weighted by Gasteiger charge is 2.41. The van der Waals surface area contributed by atoms with Crippen LogP contribution in [0.3, 0.4) is 0 Å². The van der Waals surface area contributed by atoms with E-state index in [1.54, 1.807) is 13.8 Å². The van der Waals surface area contributed by atoms with Crippen LogP contribution in [0.4, 0.5) is 13.2 Å². The van der Waals surface area contributed by atoms with Gasteiger partial charge in [-0.2, -0.15) is 18.3 Å². The van der Waals surface area contributed by atoms with E-state index < -0.39 is 29.4 Å². The maximum atomic E-state index is 13.3. The Morgan fingerprint density at radius 1 is 1.50 bits per heavy atom. The predicted octanol–water partition coefficient (Wildman–Crippen LogP) is 2.33. The molecule has 1 aliphatic rings. The van der Waals surface area contributed by atoms with Gasteiger partial charge in [0, 0.05) is 25.7 Å². The number of halogens is 3. The van der Waals surface area contributed by atoms with E-state index in [0.29, 0.717) is 13.0 Å². The van der Waals surface area contributed by atoms with Gasteiger partial charge in [-0.3, -0.25) is 9.48 Å². The molecule has 1 atom stereocenters. The number of aliphatic hydroxyl groups excluding tert-OH is 1. The van der Waals surface area contributed by atoms with Gasteiger partial charge in [-0.25, -0.2) is 0 Å². The van der Waals surface area contributed by atoms with E-state index in [1.807, 2.05) is 0 Å². The van der Waals surface area contributed by atoms with Gasteiger partial charge in [-0.15, -0.1) is 0 Å². The zero-order valence-electron chi connectivity index (χ0n) is 12.6. The number of likely N-dealkylation sites (tertiary alicyclic amines) is 1.